The summed E-state index contributed by atoms with van der Waals surface area (Å²) >= 11 is 0. The minimum atomic E-state index is -1.29. The Labute approximate surface area is 66.7 Å². The molecule has 0 saturated carbocycles. The van der Waals surface area contributed by atoms with Gasteiger partial charge in [-0.25, -0.2) is 0 Å². The Hall–Kier alpha value is -0.160. The van der Waals surface area contributed by atoms with Gasteiger partial charge in [0.2, 0.25) is 0 Å². The summed E-state index contributed by atoms with van der Waals surface area (Å²) in [4.78, 5) is 0. The number of aliphatic hydroxyl groups is 3. The van der Waals surface area contributed by atoms with Crippen LogP contribution >= 0.6 is 0 Å². The van der Waals surface area contributed by atoms with Crippen LogP contribution in [-0.2, 0) is 0 Å². The summed E-state index contributed by atoms with van der Waals surface area (Å²) < 4.78 is 0. The number of hydrogen-bond donors (Lipinski definition) is 4. The molecular weight excluding hydrogens is 146 g/mol. The average Bonchev–Trinajstić information content (AvgIpc) is 1.84. The molecule has 0 aliphatic carbocycles. The van der Waals surface area contributed by atoms with E-state index in [1.807, 2.05) is 0 Å². The van der Waals surface area contributed by atoms with E-state index in [1.165, 1.54) is 20.8 Å². The zero-order valence-electron chi connectivity index (χ0n) is 7.20. The molecule has 0 saturated heterocycles. The first kappa shape index (κ1) is 10.8. The molecule has 0 aliphatic rings. The van der Waals surface area contributed by atoms with Gasteiger partial charge in [-0.1, -0.05) is 0 Å². The molecule has 0 fully saturated rings. The normalized spacial score (nSPS) is 21.0. The van der Waals surface area contributed by atoms with E-state index in [4.69, 9.17) is 10.8 Å². The first-order valence-corrected chi connectivity index (χ1v) is 3.52. The van der Waals surface area contributed by atoms with Crippen molar-refractivity contribution in [2.75, 3.05) is 6.61 Å². The van der Waals surface area contributed by atoms with Gasteiger partial charge in [-0.3, -0.25) is 0 Å². The predicted molar refractivity (Wildman–Crippen MR) is 42.0 cm³/mol. The molecule has 0 heterocycles. The highest BCUT2D eigenvalue weighted by Gasteiger charge is 2.38. The summed E-state index contributed by atoms with van der Waals surface area (Å²) in [5, 5.41) is 27.4. The lowest BCUT2D eigenvalue weighted by Gasteiger charge is -2.36. The highest BCUT2D eigenvalue weighted by atomic mass is 16.3. The molecule has 0 bridgehead atoms. The van der Waals surface area contributed by atoms with E-state index in [0.29, 0.717) is 0 Å². The van der Waals surface area contributed by atoms with Crippen LogP contribution < -0.4 is 5.73 Å². The van der Waals surface area contributed by atoms with Crippen LogP contribution in [0, 0.1) is 0 Å². The molecule has 0 aromatic heterocycles. The Bertz CT molecular complexity index is 128. The SMILES string of the molecule is CC(C)(O)C(O)C(C)(N)CO. The van der Waals surface area contributed by atoms with Crippen LogP contribution in [0.3, 0.4) is 0 Å². The van der Waals surface area contributed by atoms with Crippen molar-refractivity contribution in [2.24, 2.45) is 5.73 Å². The molecule has 0 spiro atoms. The van der Waals surface area contributed by atoms with E-state index in [9.17, 15) is 10.2 Å². The Morgan fingerprint density at radius 1 is 1.36 bits per heavy atom. The summed E-state index contributed by atoms with van der Waals surface area (Å²) in [5.41, 5.74) is 3.05. The summed E-state index contributed by atoms with van der Waals surface area (Å²) in [6, 6.07) is 0. The standard InChI is InChI=1S/C7H17NO3/c1-6(2,11)5(10)7(3,8)4-9/h5,9-11H,4,8H2,1-3H3. The zero-order chi connectivity index (χ0) is 9.28. The molecule has 68 valence electrons. The molecule has 0 aromatic carbocycles. The highest BCUT2D eigenvalue weighted by molar-refractivity contribution is 4.95. The van der Waals surface area contributed by atoms with Crippen LogP contribution in [0.4, 0.5) is 0 Å². The van der Waals surface area contributed by atoms with E-state index in [-0.39, 0.29) is 6.61 Å². The van der Waals surface area contributed by atoms with Crippen LogP contribution in [0.5, 0.6) is 0 Å². The Morgan fingerprint density at radius 3 is 1.82 bits per heavy atom. The third-order valence-electron chi connectivity index (χ3n) is 1.63. The Kier molecular flexibility index (Phi) is 3.02. The fourth-order valence-electron chi connectivity index (χ4n) is 0.893. The maximum atomic E-state index is 9.38. The lowest BCUT2D eigenvalue weighted by molar-refractivity contribution is -0.0916. The monoisotopic (exact) mass is 163 g/mol. The van der Waals surface area contributed by atoms with Crippen molar-refractivity contribution in [3.8, 4) is 0 Å². The first-order valence-electron chi connectivity index (χ1n) is 3.52. The average molecular weight is 163 g/mol. The van der Waals surface area contributed by atoms with E-state index < -0.39 is 17.2 Å². The maximum Gasteiger partial charge on any atom is 0.102 e. The molecular formula is C7H17NO3. The van der Waals surface area contributed by atoms with E-state index in [1.54, 1.807) is 0 Å². The molecule has 0 rings (SSSR count). The van der Waals surface area contributed by atoms with Crippen LogP contribution in [0.15, 0.2) is 0 Å². The van der Waals surface area contributed by atoms with Gasteiger partial charge < -0.3 is 21.1 Å². The fraction of sp³-hybridized carbons (Fsp3) is 1.00. The van der Waals surface area contributed by atoms with Gasteiger partial charge in [0.1, 0.15) is 6.10 Å². The summed E-state index contributed by atoms with van der Waals surface area (Å²) in [5.74, 6) is 0. The molecule has 0 radical (unpaired) electrons. The Balaban J connectivity index is 4.35. The summed E-state index contributed by atoms with van der Waals surface area (Å²) in [7, 11) is 0. The maximum absolute atomic E-state index is 9.38. The van der Waals surface area contributed by atoms with Crippen LogP contribution in [-0.4, -0.2) is 39.2 Å². The number of hydrogen-bond acceptors (Lipinski definition) is 4. The van der Waals surface area contributed by atoms with Crippen molar-refractivity contribution in [3.05, 3.63) is 0 Å². The van der Waals surface area contributed by atoms with E-state index >= 15 is 0 Å². The van der Waals surface area contributed by atoms with Crippen LogP contribution in [0.2, 0.25) is 0 Å². The molecule has 4 nitrogen and oxygen atoms in total. The highest BCUT2D eigenvalue weighted by Crippen LogP contribution is 2.17. The molecule has 5 N–H and O–H groups in total. The molecule has 11 heavy (non-hydrogen) atoms. The molecule has 0 aliphatic heterocycles. The lowest BCUT2D eigenvalue weighted by Crippen LogP contribution is -2.59. The fourth-order valence-corrected chi connectivity index (χ4v) is 0.893. The second-order valence-electron chi connectivity index (χ2n) is 3.72. The van der Waals surface area contributed by atoms with E-state index in [2.05, 4.69) is 0 Å². The smallest absolute Gasteiger partial charge is 0.102 e. The van der Waals surface area contributed by atoms with Crippen molar-refractivity contribution in [2.45, 2.75) is 38.0 Å². The van der Waals surface area contributed by atoms with Gasteiger partial charge in [-0.05, 0) is 20.8 Å². The first-order chi connectivity index (χ1) is 4.72. The van der Waals surface area contributed by atoms with Gasteiger partial charge in [-0.2, -0.15) is 0 Å². The van der Waals surface area contributed by atoms with Gasteiger partial charge in [-0.15, -0.1) is 0 Å². The van der Waals surface area contributed by atoms with Gasteiger partial charge >= 0.3 is 0 Å². The van der Waals surface area contributed by atoms with Crippen molar-refractivity contribution < 1.29 is 15.3 Å². The second kappa shape index (κ2) is 3.06. The minimum Gasteiger partial charge on any atom is -0.394 e. The second-order valence-corrected chi connectivity index (χ2v) is 3.72. The molecule has 2 unspecified atom stereocenters. The van der Waals surface area contributed by atoms with Gasteiger partial charge in [0.15, 0.2) is 0 Å². The molecule has 2 atom stereocenters. The van der Waals surface area contributed by atoms with Crippen LogP contribution in [0.25, 0.3) is 0 Å². The van der Waals surface area contributed by atoms with Crippen molar-refractivity contribution in [3.63, 3.8) is 0 Å². The molecule has 4 heteroatoms. The number of rotatable bonds is 3. The number of aliphatic hydroxyl groups excluding tert-OH is 2. The predicted octanol–water partition coefficient (Wildman–Crippen LogP) is -1.17. The Morgan fingerprint density at radius 2 is 1.73 bits per heavy atom. The van der Waals surface area contributed by atoms with Crippen molar-refractivity contribution in [1.29, 1.82) is 0 Å². The van der Waals surface area contributed by atoms with Crippen molar-refractivity contribution >= 4 is 0 Å². The third kappa shape index (κ3) is 2.75. The van der Waals surface area contributed by atoms with Gasteiger partial charge in [0.05, 0.1) is 17.7 Å². The van der Waals surface area contributed by atoms with E-state index in [0.717, 1.165) is 0 Å². The van der Waals surface area contributed by atoms with Gasteiger partial charge in [0, 0.05) is 0 Å². The zero-order valence-corrected chi connectivity index (χ0v) is 7.20. The van der Waals surface area contributed by atoms with Crippen LogP contribution in [0.1, 0.15) is 20.8 Å². The largest absolute Gasteiger partial charge is 0.394 e. The molecule has 0 aromatic rings. The summed E-state index contributed by atoms with van der Waals surface area (Å²) in [6.45, 7) is 4.00. The topological polar surface area (TPSA) is 86.7 Å². The van der Waals surface area contributed by atoms with Crippen molar-refractivity contribution in [1.82, 2.24) is 0 Å². The summed E-state index contributed by atoms with van der Waals surface area (Å²) in [6.07, 6.45) is -1.14. The minimum absolute atomic E-state index is 0.363. The van der Waals surface area contributed by atoms with Gasteiger partial charge in [0.25, 0.3) is 0 Å². The quantitative estimate of drug-likeness (QED) is 0.422. The number of nitrogens with two attached hydrogens (primary N) is 1. The lowest BCUT2D eigenvalue weighted by atomic mass is 9.86. The third-order valence-corrected chi connectivity index (χ3v) is 1.63. The molecule has 0 amide bonds.